The Kier molecular flexibility index (Phi) is 4.41. The lowest BCUT2D eigenvalue weighted by atomic mass is 10.2. The average Bonchev–Trinajstić information content (AvgIpc) is 2.52. The third-order valence-electron chi connectivity index (χ3n) is 2.77. The highest BCUT2D eigenvalue weighted by atomic mass is 35.5. The van der Waals surface area contributed by atoms with Gasteiger partial charge < -0.3 is 5.73 Å². The summed E-state index contributed by atoms with van der Waals surface area (Å²) in [6.07, 6.45) is 0. The summed E-state index contributed by atoms with van der Waals surface area (Å²) in [5, 5.41) is 0. The molecule has 1 aromatic carbocycles. The van der Waals surface area contributed by atoms with Crippen LogP contribution in [0.5, 0.6) is 0 Å². The monoisotopic (exact) mass is 276 g/mol. The third-order valence-corrected chi connectivity index (χ3v) is 4.79. The second-order valence-corrected chi connectivity index (χ2v) is 6.22. The highest BCUT2D eigenvalue weighted by Gasteiger charge is 2.33. The summed E-state index contributed by atoms with van der Waals surface area (Å²) < 4.78 is 25.1. The zero-order chi connectivity index (χ0) is 11.8. The van der Waals surface area contributed by atoms with Crippen LogP contribution in [0.15, 0.2) is 24.3 Å². The normalized spacial score (nSPS) is 22.2. The lowest BCUT2D eigenvalue weighted by molar-refractivity contribution is 0.598. The van der Waals surface area contributed by atoms with Crippen molar-refractivity contribution < 1.29 is 8.42 Å². The molecule has 1 aliphatic heterocycles. The van der Waals surface area contributed by atoms with Crippen molar-refractivity contribution in [1.82, 2.24) is 0 Å². The molecule has 6 heteroatoms. The molecule has 0 aromatic heterocycles. The van der Waals surface area contributed by atoms with E-state index in [1.54, 1.807) is 0 Å². The topological polar surface area (TPSA) is 63.4 Å². The van der Waals surface area contributed by atoms with Crippen molar-refractivity contribution in [3.8, 4) is 0 Å². The summed E-state index contributed by atoms with van der Waals surface area (Å²) in [6, 6.07) is 7.37. The number of hydrogen-bond donors (Lipinski definition) is 1. The Morgan fingerprint density at radius 3 is 2.35 bits per heavy atom. The molecule has 2 rings (SSSR count). The largest absolute Gasteiger partial charge is 0.326 e. The average molecular weight is 277 g/mol. The van der Waals surface area contributed by atoms with Gasteiger partial charge in [-0.05, 0) is 23.6 Å². The number of sulfonamides is 1. The molecule has 1 aliphatic rings. The molecule has 17 heavy (non-hydrogen) atoms. The maximum atomic E-state index is 11.8. The van der Waals surface area contributed by atoms with E-state index in [0.29, 0.717) is 13.1 Å². The highest BCUT2D eigenvalue weighted by Crippen LogP contribution is 2.26. The van der Waals surface area contributed by atoms with E-state index >= 15 is 0 Å². The van der Waals surface area contributed by atoms with Crippen LogP contribution < -0.4 is 10.0 Å². The quantitative estimate of drug-likeness (QED) is 0.887. The molecule has 0 aliphatic carbocycles. The smallest absolute Gasteiger partial charge is 0.235 e. The van der Waals surface area contributed by atoms with Gasteiger partial charge in [0, 0.05) is 13.1 Å². The van der Waals surface area contributed by atoms with Crippen molar-refractivity contribution in [3.05, 3.63) is 29.8 Å². The Morgan fingerprint density at radius 1 is 1.35 bits per heavy atom. The standard InChI is InChI=1S/C11H16N2O2S.ClH/c1-9-7-13(16(14,15)8-9)11-4-2-10(6-12)3-5-11;/h2-5,9H,6-8,12H2,1H3;1H. The molecule has 0 radical (unpaired) electrons. The SMILES string of the molecule is CC1CN(c2ccc(CN)cc2)S(=O)(=O)C1.Cl. The van der Waals surface area contributed by atoms with Gasteiger partial charge >= 0.3 is 0 Å². The Hall–Kier alpha value is -0.780. The van der Waals surface area contributed by atoms with E-state index < -0.39 is 10.0 Å². The van der Waals surface area contributed by atoms with E-state index in [2.05, 4.69) is 0 Å². The van der Waals surface area contributed by atoms with E-state index in [-0.39, 0.29) is 24.1 Å². The molecule has 1 aromatic rings. The van der Waals surface area contributed by atoms with Crippen LogP contribution >= 0.6 is 12.4 Å². The molecule has 1 saturated heterocycles. The first-order valence-corrected chi connectivity index (χ1v) is 6.93. The fourth-order valence-corrected chi connectivity index (χ4v) is 3.89. The molecule has 0 amide bonds. The van der Waals surface area contributed by atoms with Crippen LogP contribution in [0, 0.1) is 5.92 Å². The Balaban J connectivity index is 0.00000144. The van der Waals surface area contributed by atoms with Gasteiger partial charge in [-0.15, -0.1) is 12.4 Å². The fourth-order valence-electron chi connectivity index (χ4n) is 1.96. The molecular weight excluding hydrogens is 260 g/mol. The molecule has 1 unspecified atom stereocenters. The minimum atomic E-state index is -3.11. The third kappa shape index (κ3) is 2.91. The molecular formula is C11H17ClN2O2S. The first kappa shape index (κ1) is 14.3. The first-order chi connectivity index (χ1) is 7.53. The van der Waals surface area contributed by atoms with Crippen LogP contribution in [0.3, 0.4) is 0 Å². The van der Waals surface area contributed by atoms with Gasteiger partial charge in [-0.25, -0.2) is 8.42 Å². The molecule has 0 bridgehead atoms. The van der Waals surface area contributed by atoms with Crippen molar-refractivity contribution >= 4 is 28.1 Å². The van der Waals surface area contributed by atoms with Crippen LogP contribution in [0.4, 0.5) is 5.69 Å². The molecule has 96 valence electrons. The van der Waals surface area contributed by atoms with E-state index in [9.17, 15) is 8.42 Å². The summed E-state index contributed by atoms with van der Waals surface area (Å²) in [6.45, 7) is 3.00. The molecule has 0 spiro atoms. The van der Waals surface area contributed by atoms with Gasteiger partial charge in [0.15, 0.2) is 0 Å². The number of nitrogens with two attached hydrogens (primary N) is 1. The molecule has 1 fully saturated rings. The predicted octanol–water partition coefficient (Wildman–Crippen LogP) is 1.35. The van der Waals surface area contributed by atoms with Gasteiger partial charge in [0.25, 0.3) is 0 Å². The van der Waals surface area contributed by atoms with Gasteiger partial charge in [0.2, 0.25) is 10.0 Å². The van der Waals surface area contributed by atoms with Gasteiger partial charge in [0.05, 0.1) is 11.4 Å². The van der Waals surface area contributed by atoms with Crippen molar-refractivity contribution in [1.29, 1.82) is 0 Å². The predicted molar refractivity (Wildman–Crippen MR) is 71.9 cm³/mol. The zero-order valence-corrected chi connectivity index (χ0v) is 11.3. The summed E-state index contributed by atoms with van der Waals surface area (Å²) >= 11 is 0. The summed E-state index contributed by atoms with van der Waals surface area (Å²) in [7, 11) is -3.11. The summed E-state index contributed by atoms with van der Waals surface area (Å²) in [4.78, 5) is 0. The minimum Gasteiger partial charge on any atom is -0.326 e. The second-order valence-electron chi connectivity index (χ2n) is 4.29. The van der Waals surface area contributed by atoms with Crippen molar-refractivity contribution in [2.45, 2.75) is 13.5 Å². The maximum Gasteiger partial charge on any atom is 0.235 e. The van der Waals surface area contributed by atoms with Gasteiger partial charge in [-0.2, -0.15) is 0 Å². The van der Waals surface area contributed by atoms with Crippen LogP contribution in [0.25, 0.3) is 0 Å². The molecule has 1 atom stereocenters. The van der Waals surface area contributed by atoms with Gasteiger partial charge in [0.1, 0.15) is 0 Å². The van der Waals surface area contributed by atoms with E-state index in [4.69, 9.17) is 5.73 Å². The summed E-state index contributed by atoms with van der Waals surface area (Å²) in [5.41, 5.74) is 7.24. The molecule has 2 N–H and O–H groups in total. The highest BCUT2D eigenvalue weighted by molar-refractivity contribution is 7.93. The molecule has 0 saturated carbocycles. The van der Waals surface area contributed by atoms with Gasteiger partial charge in [-0.1, -0.05) is 19.1 Å². The second kappa shape index (κ2) is 5.25. The van der Waals surface area contributed by atoms with Crippen LogP contribution in [0.2, 0.25) is 0 Å². The van der Waals surface area contributed by atoms with Crippen molar-refractivity contribution in [2.24, 2.45) is 11.7 Å². The maximum absolute atomic E-state index is 11.8. The van der Waals surface area contributed by atoms with E-state index in [0.717, 1.165) is 11.3 Å². The number of hydrogen-bond acceptors (Lipinski definition) is 3. The lowest BCUT2D eigenvalue weighted by Crippen LogP contribution is -2.25. The van der Waals surface area contributed by atoms with Crippen LogP contribution in [0.1, 0.15) is 12.5 Å². The number of nitrogens with zero attached hydrogens (tertiary/aromatic N) is 1. The van der Waals surface area contributed by atoms with Gasteiger partial charge in [-0.3, -0.25) is 4.31 Å². The number of rotatable bonds is 2. The fraction of sp³-hybridized carbons (Fsp3) is 0.455. The summed E-state index contributed by atoms with van der Waals surface area (Å²) in [5.74, 6) is 0.435. The zero-order valence-electron chi connectivity index (χ0n) is 9.67. The lowest BCUT2D eigenvalue weighted by Gasteiger charge is -2.17. The number of halogens is 1. The van der Waals surface area contributed by atoms with E-state index in [1.807, 2.05) is 31.2 Å². The Labute approximate surface area is 108 Å². The minimum absolute atomic E-state index is 0. The van der Waals surface area contributed by atoms with Crippen LogP contribution in [-0.4, -0.2) is 20.7 Å². The number of benzene rings is 1. The Morgan fingerprint density at radius 2 is 1.94 bits per heavy atom. The first-order valence-electron chi connectivity index (χ1n) is 5.32. The van der Waals surface area contributed by atoms with E-state index in [1.165, 1.54) is 4.31 Å². The van der Waals surface area contributed by atoms with Crippen molar-refractivity contribution in [2.75, 3.05) is 16.6 Å². The number of anilines is 1. The Bertz CT molecular complexity index is 473. The molecule has 1 heterocycles. The van der Waals surface area contributed by atoms with Crippen molar-refractivity contribution in [3.63, 3.8) is 0 Å². The molecule has 4 nitrogen and oxygen atoms in total. The van der Waals surface area contributed by atoms with Crippen LogP contribution in [-0.2, 0) is 16.6 Å².